The largest absolute Gasteiger partial charge is 0.298 e. The molecular formula is C11H8FNO2. The van der Waals surface area contributed by atoms with Crippen LogP contribution in [0.4, 0.5) is 4.39 Å². The number of Topliss-reactive ketones (excluding diaryl/α,β-unsaturated/α-hetero) is 2. The minimum atomic E-state index is -1.30. The third-order valence-electron chi connectivity index (χ3n) is 1.93. The Labute approximate surface area is 86.1 Å². The van der Waals surface area contributed by atoms with Crippen molar-refractivity contribution in [3.63, 3.8) is 0 Å². The van der Waals surface area contributed by atoms with Gasteiger partial charge in [0.2, 0.25) is 0 Å². The van der Waals surface area contributed by atoms with Crippen LogP contribution in [0.5, 0.6) is 0 Å². The minimum absolute atomic E-state index is 0.165. The molecule has 0 saturated carbocycles. The molecule has 0 saturated heterocycles. The normalized spacial score (nSPS) is 11.5. The SMILES string of the molecule is CC(=O)C(C#N)C(=O)c1ccc(F)cc1. The predicted molar refractivity (Wildman–Crippen MR) is 50.5 cm³/mol. The molecule has 4 heteroatoms. The number of hydrogen-bond donors (Lipinski definition) is 0. The number of nitrogens with zero attached hydrogens (tertiary/aromatic N) is 1. The lowest BCUT2D eigenvalue weighted by Gasteiger charge is -2.03. The lowest BCUT2D eigenvalue weighted by atomic mass is 9.96. The molecule has 1 aromatic carbocycles. The van der Waals surface area contributed by atoms with Gasteiger partial charge in [0.25, 0.3) is 0 Å². The van der Waals surface area contributed by atoms with E-state index in [0.717, 1.165) is 12.1 Å². The average Bonchev–Trinajstić information content (AvgIpc) is 2.19. The van der Waals surface area contributed by atoms with Gasteiger partial charge in [0, 0.05) is 5.56 Å². The monoisotopic (exact) mass is 205 g/mol. The molecule has 15 heavy (non-hydrogen) atoms. The zero-order valence-corrected chi connectivity index (χ0v) is 8.03. The first-order valence-corrected chi connectivity index (χ1v) is 4.26. The Morgan fingerprint density at radius 3 is 2.27 bits per heavy atom. The summed E-state index contributed by atoms with van der Waals surface area (Å²) < 4.78 is 12.5. The van der Waals surface area contributed by atoms with Crippen LogP contribution in [0, 0.1) is 23.1 Å². The maximum absolute atomic E-state index is 12.5. The Morgan fingerprint density at radius 2 is 1.87 bits per heavy atom. The highest BCUT2D eigenvalue weighted by molar-refractivity contribution is 6.12. The number of rotatable bonds is 3. The molecule has 0 aliphatic carbocycles. The molecule has 0 aromatic heterocycles. The van der Waals surface area contributed by atoms with Crippen LogP contribution in [-0.2, 0) is 4.79 Å². The van der Waals surface area contributed by atoms with Crippen LogP contribution >= 0.6 is 0 Å². The molecular weight excluding hydrogens is 197 g/mol. The molecule has 0 heterocycles. The van der Waals surface area contributed by atoms with Gasteiger partial charge in [-0.25, -0.2) is 4.39 Å². The molecule has 1 rings (SSSR count). The summed E-state index contributed by atoms with van der Waals surface area (Å²) in [6.45, 7) is 1.18. The molecule has 1 atom stereocenters. The van der Waals surface area contributed by atoms with E-state index in [1.54, 1.807) is 6.07 Å². The van der Waals surface area contributed by atoms with E-state index in [1.165, 1.54) is 19.1 Å². The lowest BCUT2D eigenvalue weighted by Crippen LogP contribution is -2.20. The van der Waals surface area contributed by atoms with E-state index in [1.807, 2.05) is 0 Å². The number of halogens is 1. The van der Waals surface area contributed by atoms with E-state index in [4.69, 9.17) is 5.26 Å². The molecule has 0 aliphatic heterocycles. The van der Waals surface area contributed by atoms with E-state index in [9.17, 15) is 14.0 Å². The third-order valence-corrected chi connectivity index (χ3v) is 1.93. The van der Waals surface area contributed by atoms with Crippen molar-refractivity contribution in [1.82, 2.24) is 0 Å². The highest BCUT2D eigenvalue weighted by atomic mass is 19.1. The number of hydrogen-bond acceptors (Lipinski definition) is 3. The van der Waals surface area contributed by atoms with Crippen molar-refractivity contribution in [2.75, 3.05) is 0 Å². The van der Waals surface area contributed by atoms with Crippen LogP contribution in [-0.4, -0.2) is 11.6 Å². The molecule has 0 N–H and O–H groups in total. The van der Waals surface area contributed by atoms with Crippen molar-refractivity contribution in [3.05, 3.63) is 35.6 Å². The van der Waals surface area contributed by atoms with Gasteiger partial charge in [0.1, 0.15) is 5.82 Å². The lowest BCUT2D eigenvalue weighted by molar-refractivity contribution is -0.118. The smallest absolute Gasteiger partial charge is 0.187 e. The summed E-state index contributed by atoms with van der Waals surface area (Å²) in [7, 11) is 0. The second kappa shape index (κ2) is 4.47. The number of nitriles is 1. The van der Waals surface area contributed by atoms with Crippen molar-refractivity contribution < 1.29 is 14.0 Å². The number of ketones is 2. The standard InChI is InChI=1S/C11H8FNO2/c1-7(14)10(6-13)11(15)8-2-4-9(12)5-3-8/h2-5,10H,1H3. The fourth-order valence-electron chi connectivity index (χ4n) is 1.11. The van der Waals surface area contributed by atoms with Gasteiger partial charge in [-0.3, -0.25) is 9.59 Å². The maximum Gasteiger partial charge on any atom is 0.187 e. The Hall–Kier alpha value is -2.02. The molecule has 0 bridgehead atoms. The highest BCUT2D eigenvalue weighted by Crippen LogP contribution is 2.10. The number of carbonyl (C=O) groups excluding carboxylic acids is 2. The first-order chi connectivity index (χ1) is 7.06. The first kappa shape index (κ1) is 11.1. The summed E-state index contributed by atoms with van der Waals surface area (Å²) in [6.07, 6.45) is 0. The van der Waals surface area contributed by atoms with Crippen molar-refractivity contribution >= 4 is 11.6 Å². The second-order valence-electron chi connectivity index (χ2n) is 3.04. The molecule has 0 spiro atoms. The van der Waals surface area contributed by atoms with Crippen molar-refractivity contribution in [2.45, 2.75) is 6.92 Å². The fourth-order valence-corrected chi connectivity index (χ4v) is 1.11. The summed E-state index contributed by atoms with van der Waals surface area (Å²) in [5.41, 5.74) is 0.165. The Balaban J connectivity index is 2.99. The molecule has 0 amide bonds. The molecule has 0 fully saturated rings. The van der Waals surface area contributed by atoms with Gasteiger partial charge in [-0.1, -0.05) is 0 Å². The Morgan fingerprint density at radius 1 is 1.33 bits per heavy atom. The topological polar surface area (TPSA) is 57.9 Å². The van der Waals surface area contributed by atoms with Crippen molar-refractivity contribution in [2.24, 2.45) is 5.92 Å². The fraction of sp³-hybridized carbons (Fsp3) is 0.182. The predicted octanol–water partition coefficient (Wildman–Crippen LogP) is 1.74. The van der Waals surface area contributed by atoms with Gasteiger partial charge in [0.05, 0.1) is 6.07 Å². The van der Waals surface area contributed by atoms with E-state index >= 15 is 0 Å². The quantitative estimate of drug-likeness (QED) is 0.557. The highest BCUT2D eigenvalue weighted by Gasteiger charge is 2.23. The Kier molecular flexibility index (Phi) is 3.29. The van der Waals surface area contributed by atoms with Gasteiger partial charge in [-0.05, 0) is 31.2 Å². The summed E-state index contributed by atoms with van der Waals surface area (Å²) in [5.74, 6) is -2.87. The minimum Gasteiger partial charge on any atom is -0.298 e. The third kappa shape index (κ3) is 2.47. The summed E-state index contributed by atoms with van der Waals surface area (Å²) in [5, 5.41) is 8.62. The second-order valence-corrected chi connectivity index (χ2v) is 3.04. The van der Waals surface area contributed by atoms with Gasteiger partial charge in [0.15, 0.2) is 17.5 Å². The van der Waals surface area contributed by atoms with E-state index in [0.29, 0.717) is 0 Å². The van der Waals surface area contributed by atoms with Crippen LogP contribution in [0.25, 0.3) is 0 Å². The number of benzene rings is 1. The number of carbonyl (C=O) groups is 2. The van der Waals surface area contributed by atoms with E-state index in [2.05, 4.69) is 0 Å². The van der Waals surface area contributed by atoms with Gasteiger partial charge in [-0.2, -0.15) is 5.26 Å². The first-order valence-electron chi connectivity index (χ1n) is 4.26. The molecule has 3 nitrogen and oxygen atoms in total. The van der Waals surface area contributed by atoms with Gasteiger partial charge < -0.3 is 0 Å². The Bertz CT molecular complexity index is 431. The van der Waals surface area contributed by atoms with Crippen molar-refractivity contribution in [3.8, 4) is 6.07 Å². The molecule has 0 aliphatic rings. The average molecular weight is 205 g/mol. The zero-order chi connectivity index (χ0) is 11.4. The summed E-state index contributed by atoms with van der Waals surface area (Å²) in [6, 6.07) is 6.36. The molecule has 1 unspecified atom stereocenters. The summed E-state index contributed by atoms with van der Waals surface area (Å²) >= 11 is 0. The van der Waals surface area contributed by atoms with E-state index < -0.39 is 23.3 Å². The van der Waals surface area contributed by atoms with Crippen LogP contribution < -0.4 is 0 Å². The zero-order valence-electron chi connectivity index (χ0n) is 8.03. The van der Waals surface area contributed by atoms with Gasteiger partial charge in [-0.15, -0.1) is 0 Å². The molecule has 1 aromatic rings. The van der Waals surface area contributed by atoms with Crippen LogP contribution in [0.2, 0.25) is 0 Å². The van der Waals surface area contributed by atoms with Crippen LogP contribution in [0.15, 0.2) is 24.3 Å². The van der Waals surface area contributed by atoms with Gasteiger partial charge >= 0.3 is 0 Å². The van der Waals surface area contributed by atoms with Crippen molar-refractivity contribution in [1.29, 1.82) is 5.26 Å². The maximum atomic E-state index is 12.5. The summed E-state index contributed by atoms with van der Waals surface area (Å²) in [4.78, 5) is 22.5. The molecule has 0 radical (unpaired) electrons. The van der Waals surface area contributed by atoms with Crippen LogP contribution in [0.3, 0.4) is 0 Å². The van der Waals surface area contributed by atoms with Crippen LogP contribution in [0.1, 0.15) is 17.3 Å². The van der Waals surface area contributed by atoms with E-state index in [-0.39, 0.29) is 5.56 Å². The molecule has 76 valence electrons.